The van der Waals surface area contributed by atoms with Gasteiger partial charge in [-0.05, 0) is 36.5 Å². The highest BCUT2D eigenvalue weighted by molar-refractivity contribution is 5.21. The smallest absolute Gasteiger partial charge is 0.126 e. The van der Waals surface area contributed by atoms with Crippen molar-refractivity contribution in [3.8, 4) is 0 Å². The highest BCUT2D eigenvalue weighted by Crippen LogP contribution is 2.37. The molecule has 1 aromatic rings. The first-order valence-electron chi connectivity index (χ1n) is 6.04. The van der Waals surface area contributed by atoms with E-state index in [1.807, 2.05) is 0 Å². The maximum absolute atomic E-state index is 13.1. The number of halogens is 2. The number of morpholine rings is 1. The molecule has 2 aliphatic rings. The Bertz CT molecular complexity index is 400. The average molecular weight is 239 g/mol. The molecule has 2 fully saturated rings. The van der Waals surface area contributed by atoms with Gasteiger partial charge in [-0.25, -0.2) is 8.78 Å². The topological polar surface area (TPSA) is 21.3 Å². The summed E-state index contributed by atoms with van der Waals surface area (Å²) in [5.41, 5.74) is 0.584. The Hall–Kier alpha value is -1.00. The predicted octanol–water partition coefficient (Wildman–Crippen LogP) is 2.40. The quantitative estimate of drug-likeness (QED) is 0.855. The fourth-order valence-corrected chi connectivity index (χ4v) is 2.37. The van der Waals surface area contributed by atoms with Crippen LogP contribution in [0.3, 0.4) is 0 Å². The van der Waals surface area contributed by atoms with E-state index in [-0.39, 0.29) is 12.2 Å². The van der Waals surface area contributed by atoms with Crippen LogP contribution in [0.2, 0.25) is 0 Å². The van der Waals surface area contributed by atoms with Crippen LogP contribution in [0.4, 0.5) is 8.78 Å². The van der Waals surface area contributed by atoms with Crippen LogP contribution >= 0.6 is 0 Å². The SMILES string of the molecule is Fc1cc(F)cc(C2CNCC(C3CC3)O2)c1. The second-order valence-electron chi connectivity index (χ2n) is 4.86. The van der Waals surface area contributed by atoms with E-state index in [9.17, 15) is 8.78 Å². The van der Waals surface area contributed by atoms with Gasteiger partial charge in [-0.15, -0.1) is 0 Å². The van der Waals surface area contributed by atoms with Crippen LogP contribution in [-0.2, 0) is 4.74 Å². The number of ether oxygens (including phenoxy) is 1. The lowest BCUT2D eigenvalue weighted by molar-refractivity contribution is -0.0495. The summed E-state index contributed by atoms with van der Waals surface area (Å²) in [4.78, 5) is 0. The van der Waals surface area contributed by atoms with E-state index in [4.69, 9.17) is 4.74 Å². The highest BCUT2D eigenvalue weighted by atomic mass is 19.1. The highest BCUT2D eigenvalue weighted by Gasteiger charge is 2.36. The van der Waals surface area contributed by atoms with E-state index >= 15 is 0 Å². The van der Waals surface area contributed by atoms with Gasteiger partial charge in [-0.1, -0.05) is 0 Å². The molecule has 0 spiro atoms. The molecule has 4 heteroatoms. The van der Waals surface area contributed by atoms with Crippen molar-refractivity contribution in [2.75, 3.05) is 13.1 Å². The molecular formula is C13H15F2NO. The minimum Gasteiger partial charge on any atom is -0.367 e. The molecule has 17 heavy (non-hydrogen) atoms. The summed E-state index contributed by atoms with van der Waals surface area (Å²) in [5, 5.41) is 3.27. The molecule has 2 atom stereocenters. The van der Waals surface area contributed by atoms with Crippen LogP contribution < -0.4 is 5.32 Å². The Morgan fingerprint density at radius 2 is 1.76 bits per heavy atom. The summed E-state index contributed by atoms with van der Waals surface area (Å²) in [6.45, 7) is 1.46. The summed E-state index contributed by atoms with van der Waals surface area (Å²) in [5.74, 6) is -0.460. The molecule has 0 bridgehead atoms. The third kappa shape index (κ3) is 2.48. The van der Waals surface area contributed by atoms with Crippen molar-refractivity contribution in [2.24, 2.45) is 5.92 Å². The molecule has 2 unspecified atom stereocenters. The van der Waals surface area contributed by atoms with E-state index in [1.165, 1.54) is 25.0 Å². The van der Waals surface area contributed by atoms with Crippen LogP contribution in [0.15, 0.2) is 18.2 Å². The molecule has 1 heterocycles. The van der Waals surface area contributed by atoms with Gasteiger partial charge in [0.05, 0.1) is 12.2 Å². The standard InChI is InChI=1S/C13H15F2NO/c14-10-3-9(4-11(15)5-10)13-7-16-6-12(17-13)8-1-2-8/h3-5,8,12-13,16H,1-2,6-7H2. The number of benzene rings is 1. The van der Waals surface area contributed by atoms with Gasteiger partial charge in [0.25, 0.3) is 0 Å². The van der Waals surface area contributed by atoms with Crippen molar-refractivity contribution in [1.82, 2.24) is 5.32 Å². The first-order valence-corrected chi connectivity index (χ1v) is 6.04. The van der Waals surface area contributed by atoms with E-state index in [2.05, 4.69) is 5.32 Å². The maximum atomic E-state index is 13.1. The van der Waals surface area contributed by atoms with Gasteiger partial charge in [0.2, 0.25) is 0 Å². The summed E-state index contributed by atoms with van der Waals surface area (Å²) in [6.07, 6.45) is 2.37. The van der Waals surface area contributed by atoms with Crippen molar-refractivity contribution < 1.29 is 13.5 Å². The molecule has 1 saturated carbocycles. The fraction of sp³-hybridized carbons (Fsp3) is 0.538. The van der Waals surface area contributed by atoms with Crippen molar-refractivity contribution in [1.29, 1.82) is 0 Å². The normalized spacial score (nSPS) is 29.3. The number of hydrogen-bond donors (Lipinski definition) is 1. The van der Waals surface area contributed by atoms with E-state index in [0.29, 0.717) is 18.0 Å². The minimum atomic E-state index is -0.544. The molecule has 0 radical (unpaired) electrons. The van der Waals surface area contributed by atoms with Crippen molar-refractivity contribution in [3.63, 3.8) is 0 Å². The first kappa shape index (κ1) is 11.1. The Balaban J connectivity index is 1.77. The lowest BCUT2D eigenvalue weighted by Crippen LogP contribution is -2.41. The lowest BCUT2D eigenvalue weighted by atomic mass is 10.1. The molecule has 1 aliphatic heterocycles. The second-order valence-corrected chi connectivity index (χ2v) is 4.86. The second kappa shape index (κ2) is 4.35. The molecule has 0 aromatic heterocycles. The van der Waals surface area contributed by atoms with Crippen LogP contribution in [0.1, 0.15) is 24.5 Å². The summed E-state index contributed by atoms with van der Waals surface area (Å²) in [6, 6.07) is 3.59. The van der Waals surface area contributed by atoms with Gasteiger partial charge in [0.1, 0.15) is 11.6 Å². The van der Waals surface area contributed by atoms with Crippen molar-refractivity contribution in [3.05, 3.63) is 35.4 Å². The zero-order valence-corrected chi connectivity index (χ0v) is 9.46. The molecule has 1 aromatic carbocycles. The Kier molecular flexibility index (Phi) is 2.84. The number of hydrogen-bond acceptors (Lipinski definition) is 2. The van der Waals surface area contributed by atoms with Gasteiger partial charge in [-0.3, -0.25) is 0 Å². The number of nitrogens with one attached hydrogen (secondary N) is 1. The van der Waals surface area contributed by atoms with Crippen molar-refractivity contribution in [2.45, 2.75) is 25.0 Å². The van der Waals surface area contributed by atoms with Gasteiger partial charge in [0.15, 0.2) is 0 Å². The third-order valence-corrected chi connectivity index (χ3v) is 3.42. The molecular weight excluding hydrogens is 224 g/mol. The molecule has 1 saturated heterocycles. The van der Waals surface area contributed by atoms with E-state index < -0.39 is 11.6 Å². The van der Waals surface area contributed by atoms with Crippen LogP contribution in [0.5, 0.6) is 0 Å². The lowest BCUT2D eigenvalue weighted by Gasteiger charge is -2.31. The molecule has 0 amide bonds. The van der Waals surface area contributed by atoms with Gasteiger partial charge in [0, 0.05) is 19.2 Å². The zero-order valence-electron chi connectivity index (χ0n) is 9.46. The summed E-state index contributed by atoms with van der Waals surface area (Å²) >= 11 is 0. The summed E-state index contributed by atoms with van der Waals surface area (Å²) in [7, 11) is 0. The Morgan fingerprint density at radius 1 is 1.06 bits per heavy atom. The molecule has 1 N–H and O–H groups in total. The first-order chi connectivity index (χ1) is 8.22. The van der Waals surface area contributed by atoms with E-state index in [0.717, 1.165) is 12.6 Å². The van der Waals surface area contributed by atoms with Gasteiger partial charge in [-0.2, -0.15) is 0 Å². The summed E-state index contributed by atoms with van der Waals surface area (Å²) < 4.78 is 32.2. The molecule has 92 valence electrons. The van der Waals surface area contributed by atoms with Crippen molar-refractivity contribution >= 4 is 0 Å². The predicted molar refractivity (Wildman–Crippen MR) is 59.6 cm³/mol. The van der Waals surface area contributed by atoms with Crippen LogP contribution in [-0.4, -0.2) is 19.2 Å². The monoisotopic (exact) mass is 239 g/mol. The maximum Gasteiger partial charge on any atom is 0.126 e. The zero-order chi connectivity index (χ0) is 11.8. The Labute approximate surface area is 99.0 Å². The van der Waals surface area contributed by atoms with Crippen LogP contribution in [0.25, 0.3) is 0 Å². The number of rotatable bonds is 2. The van der Waals surface area contributed by atoms with Gasteiger partial charge < -0.3 is 10.1 Å². The average Bonchev–Trinajstić information content (AvgIpc) is 3.12. The molecule has 2 nitrogen and oxygen atoms in total. The molecule has 3 rings (SSSR count). The largest absolute Gasteiger partial charge is 0.367 e. The van der Waals surface area contributed by atoms with Gasteiger partial charge >= 0.3 is 0 Å². The van der Waals surface area contributed by atoms with Crippen LogP contribution in [0, 0.1) is 17.6 Å². The minimum absolute atomic E-state index is 0.195. The molecule has 1 aliphatic carbocycles. The Morgan fingerprint density at radius 3 is 2.41 bits per heavy atom. The third-order valence-electron chi connectivity index (χ3n) is 3.42. The van der Waals surface area contributed by atoms with E-state index in [1.54, 1.807) is 0 Å². The fourth-order valence-electron chi connectivity index (χ4n) is 2.37.